The van der Waals surface area contributed by atoms with Gasteiger partial charge < -0.3 is 9.88 Å². The Bertz CT molecular complexity index is 453. The van der Waals surface area contributed by atoms with Crippen LogP contribution in [-0.2, 0) is 6.18 Å². The van der Waals surface area contributed by atoms with Crippen LogP contribution in [0.25, 0.3) is 0 Å². The number of nitrogens with zero attached hydrogens (tertiary/aromatic N) is 1. The highest BCUT2D eigenvalue weighted by atomic mass is 19.4. The molecule has 1 aromatic rings. The van der Waals surface area contributed by atoms with Crippen LogP contribution in [-0.4, -0.2) is 28.9 Å². The quantitative estimate of drug-likeness (QED) is 0.838. The number of H-pyrrole nitrogens is 1. The molecule has 1 atom stereocenters. The Kier molecular flexibility index (Phi) is 3.87. The summed E-state index contributed by atoms with van der Waals surface area (Å²) in [5.74, 6) is 0.0768. The molecule has 1 aliphatic heterocycles. The van der Waals surface area contributed by atoms with Crippen LogP contribution in [0.15, 0.2) is 12.3 Å². The number of hydrogen-bond acceptors (Lipinski definition) is 1. The van der Waals surface area contributed by atoms with Crippen molar-refractivity contribution in [3.05, 3.63) is 23.5 Å². The molecule has 1 N–H and O–H groups in total. The van der Waals surface area contributed by atoms with E-state index in [1.165, 1.54) is 0 Å². The minimum absolute atomic E-state index is 0.0847. The summed E-state index contributed by atoms with van der Waals surface area (Å²) in [4.78, 5) is 16.0. The average Bonchev–Trinajstić information content (AvgIpc) is 2.72. The van der Waals surface area contributed by atoms with Gasteiger partial charge in [-0.1, -0.05) is 13.3 Å². The van der Waals surface area contributed by atoms with Gasteiger partial charge in [-0.15, -0.1) is 0 Å². The van der Waals surface area contributed by atoms with E-state index in [0.29, 0.717) is 19.0 Å². The Labute approximate surface area is 109 Å². The maximum absolute atomic E-state index is 12.5. The summed E-state index contributed by atoms with van der Waals surface area (Å²) in [6.07, 6.45) is -0.269. The zero-order valence-corrected chi connectivity index (χ0v) is 10.8. The number of aromatic amines is 1. The number of carbonyl (C=O) groups is 1. The van der Waals surface area contributed by atoms with Crippen LogP contribution in [0.3, 0.4) is 0 Å². The van der Waals surface area contributed by atoms with E-state index in [1.807, 2.05) is 0 Å². The second-order valence-electron chi connectivity index (χ2n) is 5.15. The van der Waals surface area contributed by atoms with E-state index in [4.69, 9.17) is 0 Å². The number of carbonyl (C=O) groups excluding carboxylic acids is 1. The lowest BCUT2D eigenvalue weighted by atomic mass is 10.1. The molecule has 0 unspecified atom stereocenters. The van der Waals surface area contributed by atoms with Crippen molar-refractivity contribution in [1.29, 1.82) is 0 Å². The Balaban J connectivity index is 2.12. The molecule has 6 heteroatoms. The van der Waals surface area contributed by atoms with E-state index >= 15 is 0 Å². The van der Waals surface area contributed by atoms with Gasteiger partial charge in [-0.2, -0.15) is 13.2 Å². The molecule has 0 saturated carbocycles. The first-order chi connectivity index (χ1) is 8.88. The number of likely N-dealkylation sites (tertiary alicyclic amines) is 1. The van der Waals surface area contributed by atoms with Crippen LogP contribution in [0.4, 0.5) is 13.2 Å². The Morgan fingerprint density at radius 1 is 1.42 bits per heavy atom. The van der Waals surface area contributed by atoms with Gasteiger partial charge in [-0.25, -0.2) is 0 Å². The lowest BCUT2D eigenvalue weighted by molar-refractivity contribution is -0.140. The summed E-state index contributed by atoms with van der Waals surface area (Å²) >= 11 is 0. The van der Waals surface area contributed by atoms with Gasteiger partial charge in [0.05, 0.1) is 5.56 Å². The van der Waals surface area contributed by atoms with Crippen molar-refractivity contribution in [2.75, 3.05) is 13.1 Å². The predicted molar refractivity (Wildman–Crippen MR) is 64.7 cm³/mol. The summed E-state index contributed by atoms with van der Waals surface area (Å²) in [5, 5.41) is 0. The van der Waals surface area contributed by atoms with Crippen molar-refractivity contribution in [1.82, 2.24) is 9.88 Å². The fourth-order valence-corrected chi connectivity index (χ4v) is 2.40. The number of hydrogen-bond donors (Lipinski definition) is 1. The lowest BCUT2D eigenvalue weighted by Gasteiger charge is -2.22. The molecule has 0 bridgehead atoms. The van der Waals surface area contributed by atoms with Crippen LogP contribution in [0.5, 0.6) is 0 Å². The molecule has 2 heterocycles. The molecule has 19 heavy (non-hydrogen) atoms. The maximum Gasteiger partial charge on any atom is 0.431 e. The number of nitrogens with one attached hydrogen (secondary N) is 1. The molecule has 3 nitrogen and oxygen atoms in total. The Morgan fingerprint density at radius 2 is 2.16 bits per heavy atom. The summed E-state index contributed by atoms with van der Waals surface area (Å²) in [6.45, 7) is 3.30. The molecule has 1 fully saturated rings. The average molecular weight is 274 g/mol. The molecule has 106 valence electrons. The molecule has 1 saturated heterocycles. The van der Waals surface area contributed by atoms with Crippen molar-refractivity contribution in [3.63, 3.8) is 0 Å². The van der Waals surface area contributed by atoms with Crippen molar-refractivity contribution in [3.8, 4) is 0 Å². The van der Waals surface area contributed by atoms with E-state index in [-0.39, 0.29) is 11.5 Å². The largest absolute Gasteiger partial charge is 0.431 e. The van der Waals surface area contributed by atoms with Gasteiger partial charge in [0, 0.05) is 19.3 Å². The van der Waals surface area contributed by atoms with Crippen molar-refractivity contribution in [2.45, 2.75) is 32.4 Å². The zero-order chi connectivity index (χ0) is 14.0. The van der Waals surface area contributed by atoms with Gasteiger partial charge in [0.1, 0.15) is 5.69 Å². The smallest absolute Gasteiger partial charge is 0.357 e. The van der Waals surface area contributed by atoms with Crippen LogP contribution in [0.2, 0.25) is 0 Å². The first-order valence-corrected chi connectivity index (χ1v) is 6.43. The molecule has 0 radical (unpaired) electrons. The van der Waals surface area contributed by atoms with E-state index in [9.17, 15) is 18.0 Å². The molecule has 0 aromatic carbocycles. The molecular formula is C13H17F3N2O. The molecular weight excluding hydrogens is 257 g/mol. The fraction of sp³-hybridized carbons (Fsp3) is 0.615. The van der Waals surface area contributed by atoms with Gasteiger partial charge in [-0.3, -0.25) is 4.79 Å². The fourth-order valence-electron chi connectivity index (χ4n) is 2.40. The van der Waals surface area contributed by atoms with Gasteiger partial charge in [0.25, 0.3) is 5.91 Å². The minimum Gasteiger partial charge on any atom is -0.357 e. The maximum atomic E-state index is 12.5. The van der Waals surface area contributed by atoms with Crippen molar-refractivity contribution >= 4 is 5.91 Å². The minimum atomic E-state index is -4.44. The Morgan fingerprint density at radius 3 is 2.79 bits per heavy atom. The number of halogens is 3. The summed E-state index contributed by atoms with van der Waals surface area (Å²) < 4.78 is 37.4. The van der Waals surface area contributed by atoms with E-state index in [2.05, 4.69) is 11.9 Å². The van der Waals surface area contributed by atoms with Gasteiger partial charge in [0.15, 0.2) is 0 Å². The first-order valence-electron chi connectivity index (χ1n) is 6.43. The second kappa shape index (κ2) is 5.27. The molecule has 1 aromatic heterocycles. The molecule has 0 spiro atoms. The second-order valence-corrected chi connectivity index (χ2v) is 5.15. The number of alkyl halides is 3. The van der Waals surface area contributed by atoms with Crippen LogP contribution >= 0.6 is 0 Å². The van der Waals surface area contributed by atoms with E-state index in [1.54, 1.807) is 4.90 Å². The third-order valence-corrected chi connectivity index (χ3v) is 3.43. The van der Waals surface area contributed by atoms with Gasteiger partial charge in [-0.05, 0) is 24.8 Å². The molecule has 1 amide bonds. The highest BCUT2D eigenvalue weighted by molar-refractivity contribution is 5.94. The van der Waals surface area contributed by atoms with Gasteiger partial charge >= 0.3 is 6.18 Å². The summed E-state index contributed by atoms with van der Waals surface area (Å²) in [5.41, 5.74) is -0.792. The lowest BCUT2D eigenvalue weighted by Crippen LogP contribution is -2.33. The monoisotopic (exact) mass is 274 g/mol. The molecule has 2 rings (SSSR count). The topological polar surface area (TPSA) is 36.1 Å². The Hall–Kier alpha value is -1.46. The SMILES string of the molecule is C[C@H]1CCCCN(C(=O)c2c[nH]c(C(F)(F)F)c2)C1. The van der Waals surface area contributed by atoms with Gasteiger partial charge in [0.2, 0.25) is 0 Å². The van der Waals surface area contributed by atoms with Crippen LogP contribution in [0.1, 0.15) is 42.2 Å². The van der Waals surface area contributed by atoms with Crippen molar-refractivity contribution in [2.24, 2.45) is 5.92 Å². The standard InChI is InChI=1S/C13H17F3N2O/c1-9-4-2-3-5-18(8-9)12(19)10-6-11(17-7-10)13(14,15)16/h6-7,9,17H,2-5,8H2,1H3/t9-/m0/s1. The van der Waals surface area contributed by atoms with Crippen LogP contribution < -0.4 is 0 Å². The number of rotatable bonds is 1. The normalized spacial score (nSPS) is 21.3. The highest BCUT2D eigenvalue weighted by Gasteiger charge is 2.33. The summed E-state index contributed by atoms with van der Waals surface area (Å²) in [7, 11) is 0. The number of amides is 1. The predicted octanol–water partition coefficient (Wildman–Crippen LogP) is 3.30. The van der Waals surface area contributed by atoms with E-state index in [0.717, 1.165) is 31.5 Å². The first kappa shape index (κ1) is 14.0. The third kappa shape index (κ3) is 3.30. The molecule has 0 aliphatic carbocycles. The summed E-state index contributed by atoms with van der Waals surface area (Å²) in [6, 6.07) is 0.887. The van der Waals surface area contributed by atoms with Crippen molar-refractivity contribution < 1.29 is 18.0 Å². The number of aromatic nitrogens is 1. The van der Waals surface area contributed by atoms with E-state index < -0.39 is 11.9 Å². The molecule has 1 aliphatic rings. The van der Waals surface area contributed by atoms with Crippen LogP contribution in [0, 0.1) is 5.92 Å². The third-order valence-electron chi connectivity index (χ3n) is 3.43. The zero-order valence-electron chi connectivity index (χ0n) is 10.8. The highest BCUT2D eigenvalue weighted by Crippen LogP contribution is 2.29.